The Morgan fingerprint density at radius 3 is 2.56 bits per heavy atom. The molecule has 0 fully saturated rings. The fourth-order valence-corrected chi connectivity index (χ4v) is 1.41. The first kappa shape index (κ1) is 12.8. The maximum absolute atomic E-state index is 12.4. The summed E-state index contributed by atoms with van der Waals surface area (Å²) in [5.41, 5.74) is 3.89. The lowest BCUT2D eigenvalue weighted by Crippen LogP contribution is -2.11. The van der Waals surface area contributed by atoms with Gasteiger partial charge < -0.3 is 10.5 Å². The molecule has 0 saturated carbocycles. The second-order valence-electron chi connectivity index (χ2n) is 2.81. The third kappa shape index (κ3) is 2.84. The topological polar surface area (TPSA) is 65.2 Å². The smallest absolute Gasteiger partial charge is 0.405 e. The molecule has 8 heteroatoms. The number of alkyl halides is 3. The Morgan fingerprint density at radius 2 is 2.12 bits per heavy atom. The Labute approximate surface area is 96.7 Å². The largest absolute Gasteiger partial charge is 0.419 e. The first-order chi connectivity index (χ1) is 7.21. The van der Waals surface area contributed by atoms with Crippen LogP contribution in [0.2, 0.25) is 0 Å². The van der Waals surface area contributed by atoms with E-state index in [0.717, 1.165) is 6.92 Å². The van der Waals surface area contributed by atoms with E-state index in [0.29, 0.717) is 6.07 Å². The average molecular weight is 299 g/mol. The van der Waals surface area contributed by atoms with Crippen LogP contribution in [-0.2, 0) is 11.0 Å². The molecule has 0 amide bonds. The molecule has 1 heterocycles. The van der Waals surface area contributed by atoms with Crippen LogP contribution >= 0.6 is 15.9 Å². The quantitative estimate of drug-likeness (QED) is 0.638. The minimum atomic E-state index is -4.57. The summed E-state index contributed by atoms with van der Waals surface area (Å²) in [7, 11) is 0. The van der Waals surface area contributed by atoms with E-state index in [1.54, 1.807) is 0 Å². The number of anilines is 1. The predicted octanol–water partition coefficient (Wildman–Crippen LogP) is 2.37. The Balaban J connectivity index is 3.22. The number of esters is 1. The van der Waals surface area contributed by atoms with Crippen LogP contribution in [0, 0.1) is 0 Å². The number of halogens is 4. The molecule has 0 spiro atoms. The van der Waals surface area contributed by atoms with E-state index >= 15 is 0 Å². The van der Waals surface area contributed by atoms with Crippen LogP contribution in [-0.4, -0.2) is 11.0 Å². The van der Waals surface area contributed by atoms with Crippen LogP contribution in [0.15, 0.2) is 10.7 Å². The number of aromatic nitrogens is 1. The molecule has 0 unspecified atom stereocenters. The van der Waals surface area contributed by atoms with E-state index in [-0.39, 0.29) is 11.6 Å². The molecule has 0 radical (unpaired) electrons. The maximum Gasteiger partial charge on any atom is 0.419 e. The maximum atomic E-state index is 12.4. The Bertz CT molecular complexity index is 434. The number of ether oxygens (including phenoxy) is 1. The number of hydrogen-bond acceptors (Lipinski definition) is 4. The van der Waals surface area contributed by atoms with E-state index in [1.807, 2.05) is 0 Å². The van der Waals surface area contributed by atoms with E-state index in [9.17, 15) is 18.0 Å². The van der Waals surface area contributed by atoms with Gasteiger partial charge >= 0.3 is 12.1 Å². The van der Waals surface area contributed by atoms with Gasteiger partial charge in [-0.1, -0.05) is 0 Å². The van der Waals surface area contributed by atoms with Crippen molar-refractivity contribution in [3.05, 3.63) is 16.2 Å². The monoisotopic (exact) mass is 298 g/mol. The fraction of sp³-hybridized carbons (Fsp3) is 0.250. The molecule has 0 bridgehead atoms. The molecule has 1 aromatic rings. The van der Waals surface area contributed by atoms with E-state index in [1.165, 1.54) is 0 Å². The van der Waals surface area contributed by atoms with Crippen molar-refractivity contribution in [1.82, 2.24) is 4.98 Å². The van der Waals surface area contributed by atoms with Gasteiger partial charge in [-0.25, -0.2) is 4.98 Å². The van der Waals surface area contributed by atoms with Gasteiger partial charge in [-0.3, -0.25) is 4.79 Å². The highest BCUT2D eigenvalue weighted by atomic mass is 79.9. The van der Waals surface area contributed by atoms with Gasteiger partial charge in [0.05, 0.1) is 11.3 Å². The molecule has 88 valence electrons. The summed E-state index contributed by atoms with van der Waals surface area (Å²) in [6.07, 6.45) is -4.57. The molecule has 1 aromatic heterocycles. The summed E-state index contributed by atoms with van der Waals surface area (Å²) >= 11 is 2.63. The normalized spacial score (nSPS) is 11.3. The lowest BCUT2D eigenvalue weighted by Gasteiger charge is -2.11. The molecule has 0 aromatic carbocycles. The summed E-state index contributed by atoms with van der Waals surface area (Å²) in [5.74, 6) is -1.07. The lowest BCUT2D eigenvalue weighted by molar-refractivity contribution is -0.138. The second kappa shape index (κ2) is 4.28. The molecule has 2 N–H and O–H groups in total. The van der Waals surface area contributed by atoms with Crippen molar-refractivity contribution >= 4 is 27.6 Å². The van der Waals surface area contributed by atoms with Crippen molar-refractivity contribution in [2.45, 2.75) is 13.1 Å². The Morgan fingerprint density at radius 1 is 1.56 bits per heavy atom. The predicted molar refractivity (Wildman–Crippen MR) is 52.7 cm³/mol. The number of carbonyl (C=O) groups is 1. The third-order valence-electron chi connectivity index (χ3n) is 1.51. The Kier molecular flexibility index (Phi) is 3.41. The van der Waals surface area contributed by atoms with Crippen molar-refractivity contribution in [2.75, 3.05) is 5.73 Å². The Hall–Kier alpha value is -1.31. The number of nitrogen functional groups attached to an aromatic ring is 1. The molecule has 0 saturated heterocycles. The van der Waals surface area contributed by atoms with Crippen molar-refractivity contribution in [3.8, 4) is 5.88 Å². The molecular weight excluding hydrogens is 293 g/mol. The molecule has 1 rings (SSSR count). The number of pyridine rings is 1. The minimum absolute atomic E-state index is 0.354. The van der Waals surface area contributed by atoms with Crippen LogP contribution in [0.5, 0.6) is 5.88 Å². The summed E-state index contributed by atoms with van der Waals surface area (Å²) in [5, 5.41) is 0. The van der Waals surface area contributed by atoms with Gasteiger partial charge in [-0.05, 0) is 22.0 Å². The van der Waals surface area contributed by atoms with Crippen molar-refractivity contribution < 1.29 is 22.7 Å². The molecule has 16 heavy (non-hydrogen) atoms. The number of carbonyl (C=O) groups excluding carboxylic acids is 1. The first-order valence-corrected chi connectivity index (χ1v) is 4.72. The van der Waals surface area contributed by atoms with E-state index in [4.69, 9.17) is 5.73 Å². The average Bonchev–Trinajstić information content (AvgIpc) is 2.07. The van der Waals surface area contributed by atoms with Crippen molar-refractivity contribution in [2.24, 2.45) is 0 Å². The summed E-state index contributed by atoms with van der Waals surface area (Å²) in [4.78, 5) is 14.0. The highest BCUT2D eigenvalue weighted by Crippen LogP contribution is 2.37. The zero-order valence-corrected chi connectivity index (χ0v) is 9.52. The number of nitrogens with zero attached hydrogens (tertiary/aromatic N) is 1. The zero-order chi connectivity index (χ0) is 12.5. The summed E-state index contributed by atoms with van der Waals surface area (Å²) < 4.78 is 41.2. The van der Waals surface area contributed by atoms with Gasteiger partial charge in [0.25, 0.3) is 0 Å². The van der Waals surface area contributed by atoms with Crippen molar-refractivity contribution in [3.63, 3.8) is 0 Å². The SMILES string of the molecule is CC(=O)Oc1nc(Br)c(C(F)(F)F)cc1N. The van der Waals surface area contributed by atoms with Gasteiger partial charge in [-0.15, -0.1) is 0 Å². The van der Waals surface area contributed by atoms with Gasteiger partial charge in [0.15, 0.2) is 0 Å². The summed E-state index contributed by atoms with van der Waals surface area (Å²) in [6.45, 7) is 1.09. The third-order valence-corrected chi connectivity index (χ3v) is 2.12. The second-order valence-corrected chi connectivity index (χ2v) is 3.56. The summed E-state index contributed by atoms with van der Waals surface area (Å²) in [6, 6.07) is 0.648. The van der Waals surface area contributed by atoms with Gasteiger partial charge in [0, 0.05) is 6.92 Å². The van der Waals surface area contributed by atoms with Crippen LogP contribution in [0.4, 0.5) is 18.9 Å². The minimum Gasteiger partial charge on any atom is -0.405 e. The van der Waals surface area contributed by atoms with Crippen LogP contribution < -0.4 is 10.5 Å². The molecule has 0 atom stereocenters. The molecule has 0 aliphatic heterocycles. The fourth-order valence-electron chi connectivity index (χ4n) is 0.907. The van der Waals surface area contributed by atoms with Gasteiger partial charge in [0.2, 0.25) is 5.88 Å². The van der Waals surface area contributed by atoms with Crippen LogP contribution in [0.3, 0.4) is 0 Å². The number of hydrogen-bond donors (Lipinski definition) is 1. The standard InChI is InChI=1S/C8H6BrF3N2O2/c1-3(15)16-7-5(13)2-4(6(9)14-7)8(10,11)12/h2H,13H2,1H3. The van der Waals surface area contributed by atoms with E-state index in [2.05, 4.69) is 25.7 Å². The van der Waals surface area contributed by atoms with Gasteiger partial charge in [-0.2, -0.15) is 13.2 Å². The zero-order valence-electron chi connectivity index (χ0n) is 7.93. The molecular formula is C8H6BrF3N2O2. The van der Waals surface area contributed by atoms with Gasteiger partial charge in [0.1, 0.15) is 4.60 Å². The van der Waals surface area contributed by atoms with Crippen LogP contribution in [0.25, 0.3) is 0 Å². The van der Waals surface area contributed by atoms with Crippen molar-refractivity contribution in [1.29, 1.82) is 0 Å². The molecule has 0 aliphatic carbocycles. The molecule has 0 aliphatic rings. The van der Waals surface area contributed by atoms with Crippen LogP contribution in [0.1, 0.15) is 12.5 Å². The number of rotatable bonds is 1. The van der Waals surface area contributed by atoms with E-state index < -0.39 is 22.3 Å². The molecule has 4 nitrogen and oxygen atoms in total. The first-order valence-electron chi connectivity index (χ1n) is 3.93. The highest BCUT2D eigenvalue weighted by molar-refractivity contribution is 9.10. The lowest BCUT2D eigenvalue weighted by atomic mass is 10.2. The number of nitrogens with two attached hydrogens (primary N) is 1. The highest BCUT2D eigenvalue weighted by Gasteiger charge is 2.34.